The van der Waals surface area contributed by atoms with Crippen molar-refractivity contribution in [3.05, 3.63) is 35.9 Å². The predicted octanol–water partition coefficient (Wildman–Crippen LogP) is 2.52. The highest BCUT2D eigenvalue weighted by Gasteiger charge is 2.39. The molecule has 1 N–H and O–H groups in total. The van der Waals surface area contributed by atoms with E-state index in [9.17, 15) is 4.79 Å². The first-order valence-electron chi connectivity index (χ1n) is 7.28. The fourth-order valence-electron chi connectivity index (χ4n) is 2.89. The average Bonchev–Trinajstić information content (AvgIpc) is 2.72. The number of thioether (sulfide) groups is 1. The van der Waals surface area contributed by atoms with Crippen LogP contribution in [0.25, 0.3) is 0 Å². The van der Waals surface area contributed by atoms with Crippen LogP contribution in [0, 0.1) is 0 Å². The van der Waals surface area contributed by atoms with Gasteiger partial charge in [-0.2, -0.15) is 11.8 Å². The Morgan fingerprint density at radius 1 is 1.35 bits per heavy atom. The number of hydrogen-bond acceptors (Lipinski definition) is 3. The number of nitrogens with one attached hydrogen (secondary N) is 1. The van der Waals surface area contributed by atoms with E-state index >= 15 is 0 Å². The molecule has 1 heterocycles. The van der Waals surface area contributed by atoms with Crippen LogP contribution in [-0.2, 0) is 11.2 Å². The minimum Gasteiger partial charge on any atom is -0.322 e. The molecule has 3 atom stereocenters. The first-order chi connectivity index (χ1) is 9.67. The van der Waals surface area contributed by atoms with Gasteiger partial charge in [0.2, 0.25) is 5.91 Å². The van der Waals surface area contributed by atoms with Crippen molar-refractivity contribution in [3.63, 3.8) is 0 Å². The minimum atomic E-state index is -0.0803. The molecule has 1 aliphatic rings. The summed E-state index contributed by atoms with van der Waals surface area (Å²) in [6.45, 7) is 4.25. The van der Waals surface area contributed by atoms with Crippen molar-refractivity contribution >= 4 is 17.7 Å². The molecule has 0 radical (unpaired) electrons. The SMILES string of the molecule is CCC(CSC)N1C(=O)C(Cc2ccccc2)NC1C. The molecule has 1 aliphatic heterocycles. The largest absolute Gasteiger partial charge is 0.322 e. The molecule has 0 aromatic heterocycles. The Morgan fingerprint density at radius 2 is 2.05 bits per heavy atom. The monoisotopic (exact) mass is 292 g/mol. The second kappa shape index (κ2) is 7.14. The molecular weight excluding hydrogens is 268 g/mol. The van der Waals surface area contributed by atoms with Crippen LogP contribution in [0.5, 0.6) is 0 Å². The van der Waals surface area contributed by atoms with Gasteiger partial charge in [-0.15, -0.1) is 0 Å². The molecule has 0 bridgehead atoms. The quantitative estimate of drug-likeness (QED) is 0.874. The van der Waals surface area contributed by atoms with Crippen molar-refractivity contribution in [1.82, 2.24) is 10.2 Å². The Hall–Kier alpha value is -1.00. The average molecular weight is 292 g/mol. The summed E-state index contributed by atoms with van der Waals surface area (Å²) in [5.74, 6) is 1.26. The normalized spacial score (nSPS) is 24.1. The molecule has 3 unspecified atom stereocenters. The Kier molecular flexibility index (Phi) is 5.49. The van der Waals surface area contributed by atoms with Gasteiger partial charge in [0, 0.05) is 11.8 Å². The maximum Gasteiger partial charge on any atom is 0.241 e. The molecule has 3 nitrogen and oxygen atoms in total. The third kappa shape index (κ3) is 3.36. The third-order valence-corrected chi connectivity index (χ3v) is 4.64. The van der Waals surface area contributed by atoms with Gasteiger partial charge < -0.3 is 4.90 Å². The van der Waals surface area contributed by atoms with Crippen LogP contribution in [0.3, 0.4) is 0 Å². The van der Waals surface area contributed by atoms with E-state index in [1.807, 2.05) is 34.9 Å². The molecule has 1 saturated heterocycles. The van der Waals surface area contributed by atoms with Gasteiger partial charge in [0.1, 0.15) is 0 Å². The molecule has 1 aromatic rings. The number of benzene rings is 1. The third-order valence-electron chi connectivity index (χ3n) is 3.92. The fourth-order valence-corrected chi connectivity index (χ4v) is 3.67. The van der Waals surface area contributed by atoms with Crippen LogP contribution in [0.1, 0.15) is 25.8 Å². The lowest BCUT2D eigenvalue weighted by molar-refractivity contribution is -0.131. The summed E-state index contributed by atoms with van der Waals surface area (Å²) < 4.78 is 0. The summed E-state index contributed by atoms with van der Waals surface area (Å²) in [5.41, 5.74) is 1.21. The van der Waals surface area contributed by atoms with E-state index in [1.165, 1.54) is 5.56 Å². The number of amides is 1. The van der Waals surface area contributed by atoms with E-state index in [2.05, 4.69) is 37.6 Å². The van der Waals surface area contributed by atoms with Crippen LogP contribution in [0.15, 0.2) is 30.3 Å². The molecule has 1 aromatic carbocycles. The van der Waals surface area contributed by atoms with E-state index in [1.54, 1.807) is 0 Å². The molecule has 0 aliphatic carbocycles. The van der Waals surface area contributed by atoms with Gasteiger partial charge in [-0.1, -0.05) is 37.3 Å². The van der Waals surface area contributed by atoms with E-state index in [-0.39, 0.29) is 18.1 Å². The lowest BCUT2D eigenvalue weighted by Gasteiger charge is -2.29. The van der Waals surface area contributed by atoms with Crippen LogP contribution in [0.4, 0.5) is 0 Å². The first-order valence-corrected chi connectivity index (χ1v) is 8.67. The lowest BCUT2D eigenvalue weighted by atomic mass is 10.1. The topological polar surface area (TPSA) is 32.3 Å². The molecule has 110 valence electrons. The lowest BCUT2D eigenvalue weighted by Crippen LogP contribution is -2.44. The van der Waals surface area contributed by atoms with Crippen molar-refractivity contribution in [2.24, 2.45) is 0 Å². The van der Waals surface area contributed by atoms with Crippen LogP contribution >= 0.6 is 11.8 Å². The summed E-state index contributed by atoms with van der Waals surface area (Å²) in [4.78, 5) is 14.7. The zero-order chi connectivity index (χ0) is 14.5. The van der Waals surface area contributed by atoms with Gasteiger partial charge in [-0.3, -0.25) is 10.1 Å². The summed E-state index contributed by atoms with van der Waals surface area (Å²) in [7, 11) is 0. The number of rotatable bonds is 6. The summed E-state index contributed by atoms with van der Waals surface area (Å²) >= 11 is 1.81. The van der Waals surface area contributed by atoms with Crippen LogP contribution < -0.4 is 5.32 Å². The van der Waals surface area contributed by atoms with E-state index in [4.69, 9.17) is 0 Å². The smallest absolute Gasteiger partial charge is 0.241 e. The Labute approximate surface area is 126 Å². The first kappa shape index (κ1) is 15.4. The molecule has 1 fully saturated rings. The Morgan fingerprint density at radius 3 is 2.65 bits per heavy atom. The second-order valence-corrected chi connectivity index (χ2v) is 6.26. The van der Waals surface area contributed by atoms with Gasteiger partial charge in [-0.25, -0.2) is 0 Å². The Bertz CT molecular complexity index is 437. The predicted molar refractivity (Wildman–Crippen MR) is 85.8 cm³/mol. The molecular formula is C16H24N2OS. The zero-order valence-corrected chi connectivity index (χ0v) is 13.3. The van der Waals surface area contributed by atoms with Crippen LogP contribution in [-0.4, -0.2) is 41.1 Å². The number of hydrogen-bond donors (Lipinski definition) is 1. The molecule has 2 rings (SSSR count). The fraction of sp³-hybridized carbons (Fsp3) is 0.562. The standard InChI is InChI=1S/C16H24N2OS/c1-4-14(11-20-3)18-12(2)17-15(16(18)19)10-13-8-6-5-7-9-13/h5-9,12,14-15,17H,4,10-11H2,1-3H3. The maximum absolute atomic E-state index is 12.6. The van der Waals surface area contributed by atoms with Gasteiger partial charge in [0.15, 0.2) is 0 Å². The summed E-state index contributed by atoms with van der Waals surface area (Å²) in [5, 5.41) is 3.44. The van der Waals surface area contributed by atoms with Crippen molar-refractivity contribution in [2.75, 3.05) is 12.0 Å². The second-order valence-electron chi connectivity index (χ2n) is 5.35. The number of carbonyl (C=O) groups excluding carboxylic acids is 1. The molecule has 0 saturated carbocycles. The molecule has 20 heavy (non-hydrogen) atoms. The van der Waals surface area contributed by atoms with E-state index in [0.29, 0.717) is 6.04 Å². The van der Waals surface area contributed by atoms with Crippen molar-refractivity contribution < 1.29 is 4.79 Å². The Balaban J connectivity index is 2.06. The number of carbonyl (C=O) groups is 1. The molecule has 4 heteroatoms. The molecule has 1 amide bonds. The van der Waals surface area contributed by atoms with Gasteiger partial charge >= 0.3 is 0 Å². The van der Waals surface area contributed by atoms with Crippen molar-refractivity contribution in [2.45, 2.75) is 44.9 Å². The highest BCUT2D eigenvalue weighted by atomic mass is 32.2. The van der Waals surface area contributed by atoms with E-state index in [0.717, 1.165) is 18.6 Å². The highest BCUT2D eigenvalue weighted by Crippen LogP contribution is 2.21. The van der Waals surface area contributed by atoms with Gasteiger partial charge in [-0.05, 0) is 31.6 Å². The minimum absolute atomic E-state index is 0.0803. The summed E-state index contributed by atoms with van der Waals surface area (Å²) in [6, 6.07) is 10.5. The van der Waals surface area contributed by atoms with Crippen LogP contribution in [0.2, 0.25) is 0 Å². The molecule has 0 spiro atoms. The zero-order valence-electron chi connectivity index (χ0n) is 12.5. The van der Waals surface area contributed by atoms with E-state index < -0.39 is 0 Å². The van der Waals surface area contributed by atoms with Gasteiger partial charge in [0.25, 0.3) is 0 Å². The van der Waals surface area contributed by atoms with Gasteiger partial charge in [0.05, 0.1) is 12.2 Å². The highest BCUT2D eigenvalue weighted by molar-refractivity contribution is 7.98. The van der Waals surface area contributed by atoms with Crippen molar-refractivity contribution in [3.8, 4) is 0 Å². The van der Waals surface area contributed by atoms with Crippen molar-refractivity contribution in [1.29, 1.82) is 0 Å². The summed E-state index contributed by atoms with van der Waals surface area (Å²) in [6.07, 6.45) is 4.02. The number of nitrogens with zero attached hydrogens (tertiary/aromatic N) is 1. The maximum atomic E-state index is 12.6.